The van der Waals surface area contributed by atoms with Crippen molar-refractivity contribution >= 4 is 82.1 Å². The minimum atomic E-state index is -0.229. The summed E-state index contributed by atoms with van der Waals surface area (Å²) in [5, 5.41) is 7.73. The van der Waals surface area contributed by atoms with Crippen LogP contribution >= 0.6 is 0 Å². The number of fused-ring (bicyclic) bond motifs is 23. The summed E-state index contributed by atoms with van der Waals surface area (Å²) in [4.78, 5) is 5.69. The van der Waals surface area contributed by atoms with Gasteiger partial charge in [-0.25, -0.2) is 4.98 Å². The van der Waals surface area contributed by atoms with Crippen molar-refractivity contribution in [3.8, 4) is 33.6 Å². The van der Waals surface area contributed by atoms with E-state index >= 15 is 0 Å². The van der Waals surface area contributed by atoms with Gasteiger partial charge in [-0.2, -0.15) is 23.8 Å². The van der Waals surface area contributed by atoms with Crippen molar-refractivity contribution in [1.82, 2.24) is 18.5 Å². The van der Waals surface area contributed by atoms with E-state index in [1.54, 1.807) is 0 Å². The zero-order chi connectivity index (χ0) is 56.3. The largest absolute Gasteiger partial charge is 0.510 e. The predicted octanol–water partition coefficient (Wildman–Crippen LogP) is 20.7. The van der Waals surface area contributed by atoms with Crippen molar-refractivity contribution in [2.75, 3.05) is 0 Å². The van der Waals surface area contributed by atoms with Gasteiger partial charge in [0, 0.05) is 49.5 Å². The SMILES string of the molecule is CC(C)(C)c1cccc(-c2cc(C(C)(C)C)cc3c4ccccc4c4cccc(c4)c4cc(C(C)(C)C)cc(n4)n4c5[c-]c(ccc5c5cc(-c6ccccc6)ccc54)oc4[c-]c(cc(C(C)(C)C)c4)n4[cH-]n(c23)-c2ccccc2-4)c1.[Pt]. The van der Waals surface area contributed by atoms with Gasteiger partial charge in [0.05, 0.1) is 5.52 Å². The maximum Gasteiger partial charge on any atom is 0.136 e. The van der Waals surface area contributed by atoms with Gasteiger partial charge in [-0.1, -0.05) is 234 Å². The molecule has 0 aliphatic carbocycles. The van der Waals surface area contributed by atoms with E-state index in [4.69, 9.17) is 9.40 Å². The van der Waals surface area contributed by atoms with E-state index in [-0.39, 0.29) is 42.7 Å². The molecule has 0 saturated carbocycles. The summed E-state index contributed by atoms with van der Waals surface area (Å²) in [6.07, 6.45) is 2.27. The molecule has 6 heteroatoms. The molecule has 1 aliphatic rings. The minimum Gasteiger partial charge on any atom is -0.510 e. The molecule has 0 unspecified atom stereocenters. The maximum absolute atomic E-state index is 7.12. The normalized spacial score (nSPS) is 12.5. The van der Waals surface area contributed by atoms with Crippen LogP contribution < -0.4 is 0 Å². The van der Waals surface area contributed by atoms with Crippen molar-refractivity contribution in [1.29, 1.82) is 0 Å². The van der Waals surface area contributed by atoms with Crippen LogP contribution in [0.15, 0.2) is 205 Å². The van der Waals surface area contributed by atoms with Gasteiger partial charge < -0.3 is 18.0 Å². The molecule has 412 valence electrons. The third-order valence-corrected chi connectivity index (χ3v) is 16.4. The van der Waals surface area contributed by atoms with Gasteiger partial charge in [0.15, 0.2) is 0 Å². The Hall–Kier alpha value is -8.11. The van der Waals surface area contributed by atoms with E-state index in [0.717, 1.165) is 105 Å². The Morgan fingerprint density at radius 3 is 1.78 bits per heavy atom. The molecular weight excluding hydrogens is 1180 g/mol. The van der Waals surface area contributed by atoms with Crippen molar-refractivity contribution in [3.05, 3.63) is 235 Å². The van der Waals surface area contributed by atoms with Gasteiger partial charge in [-0.3, -0.25) is 0 Å². The van der Waals surface area contributed by atoms with E-state index in [9.17, 15) is 0 Å². The zero-order valence-corrected chi connectivity index (χ0v) is 51.3. The predicted molar refractivity (Wildman–Crippen MR) is 343 cm³/mol. The minimum absolute atomic E-state index is 0. The standard InChI is InChI=1S/C76H69N4O.Pt/c1-73(2,3)53-27-21-25-51(37-53)63-41-55(75(7,8)9)42-65-61-29-17-16-28-60(61)50-24-20-26-52(36-50)66-43-56(76(10,11)12)44-71(77-66)80-67-35-32-49(48-22-14-13-15-23-48)38-64(67)62-34-33-58(46-70(62)80)81-59-40-54(74(4,5)6)39-57(45-59)78-47-79(72(63)65)69-31-19-18-30-68(69)78;/h13-44,47H,1-12H3;/q-3;. The van der Waals surface area contributed by atoms with Crippen LogP contribution in [-0.4, -0.2) is 18.5 Å². The first kappa shape index (κ1) is 54.5. The molecule has 0 radical (unpaired) electrons. The van der Waals surface area contributed by atoms with Crippen LogP contribution in [0.3, 0.4) is 0 Å². The Bertz CT molecular complexity index is 4790. The van der Waals surface area contributed by atoms with Gasteiger partial charge in [0.2, 0.25) is 0 Å². The van der Waals surface area contributed by atoms with Crippen LogP contribution in [0, 0.1) is 12.1 Å². The number of hydrogen-bond acceptors (Lipinski definition) is 2. The van der Waals surface area contributed by atoms with Gasteiger partial charge in [-0.15, -0.1) is 29.1 Å². The smallest absolute Gasteiger partial charge is 0.136 e. The maximum atomic E-state index is 7.12. The first-order chi connectivity index (χ1) is 38.6. The van der Waals surface area contributed by atoms with Gasteiger partial charge in [0.25, 0.3) is 0 Å². The number of para-hydroxylation sites is 2. The average Bonchev–Trinajstić information content (AvgIpc) is 4.21. The molecule has 0 N–H and O–H groups in total. The second-order valence-corrected chi connectivity index (χ2v) is 26.3. The molecular formula is C76H69N4OPt-3. The Labute approximate surface area is 496 Å². The Morgan fingerprint density at radius 2 is 1.05 bits per heavy atom. The third kappa shape index (κ3) is 9.81. The number of imidazole rings is 1. The second kappa shape index (κ2) is 20.1. The Balaban J connectivity index is 0.00000665. The summed E-state index contributed by atoms with van der Waals surface area (Å²) in [6.45, 7) is 27.5. The molecule has 0 amide bonds. The fourth-order valence-corrected chi connectivity index (χ4v) is 11.7. The molecule has 0 spiro atoms. The molecule has 0 saturated heterocycles. The molecule has 9 aromatic carbocycles. The molecule has 10 bridgehead atoms. The molecule has 5 nitrogen and oxygen atoms in total. The van der Waals surface area contributed by atoms with Gasteiger partial charge >= 0.3 is 0 Å². The van der Waals surface area contributed by atoms with E-state index < -0.39 is 0 Å². The fourth-order valence-electron chi connectivity index (χ4n) is 11.7. The Morgan fingerprint density at radius 1 is 0.415 bits per heavy atom. The summed E-state index contributed by atoms with van der Waals surface area (Å²) < 4.78 is 14.1. The Kier molecular flexibility index (Phi) is 13.4. The van der Waals surface area contributed by atoms with E-state index in [1.807, 2.05) is 0 Å². The molecule has 13 rings (SSSR count). The summed E-state index contributed by atoms with van der Waals surface area (Å²) >= 11 is 0. The summed E-state index contributed by atoms with van der Waals surface area (Å²) in [7, 11) is 0. The fraction of sp³-hybridized carbons (Fsp3) is 0.211. The summed E-state index contributed by atoms with van der Waals surface area (Å²) in [5.41, 5.74) is 17.7. The second-order valence-electron chi connectivity index (χ2n) is 26.3. The van der Waals surface area contributed by atoms with Crippen molar-refractivity contribution < 1.29 is 25.5 Å². The monoisotopic (exact) mass is 1250 g/mol. The van der Waals surface area contributed by atoms with Crippen LogP contribution in [0.1, 0.15) is 105 Å². The molecule has 3 aromatic heterocycles. The van der Waals surface area contributed by atoms with Crippen molar-refractivity contribution in [2.24, 2.45) is 0 Å². The number of hydrogen-bond donors (Lipinski definition) is 0. The quantitative estimate of drug-likeness (QED) is 0.162. The molecule has 1 aliphatic heterocycles. The summed E-state index contributed by atoms with van der Waals surface area (Å²) in [6, 6.07) is 79.1. The van der Waals surface area contributed by atoms with Crippen LogP contribution in [0.2, 0.25) is 0 Å². The topological polar surface area (TPSA) is 40.3 Å². The molecule has 82 heavy (non-hydrogen) atoms. The molecule has 0 atom stereocenters. The number of aromatic nitrogens is 4. The number of nitrogens with zero attached hydrogens (tertiary/aromatic N) is 4. The number of pyridine rings is 1. The zero-order valence-electron chi connectivity index (χ0n) is 49.1. The van der Waals surface area contributed by atoms with Gasteiger partial charge in [-0.05, 0) is 129 Å². The molecule has 0 fully saturated rings. The van der Waals surface area contributed by atoms with Crippen LogP contribution in [0.4, 0.5) is 0 Å². The van der Waals surface area contributed by atoms with E-state index in [0.29, 0.717) is 11.2 Å². The van der Waals surface area contributed by atoms with Crippen LogP contribution in [0.5, 0.6) is 0 Å². The third-order valence-electron chi connectivity index (χ3n) is 16.4. The first-order valence-corrected chi connectivity index (χ1v) is 28.5. The molecule has 12 aromatic rings. The van der Waals surface area contributed by atoms with Gasteiger partial charge in [0.1, 0.15) is 5.65 Å². The van der Waals surface area contributed by atoms with Crippen LogP contribution in [0.25, 0.3) is 116 Å². The number of benzene rings is 9. The van der Waals surface area contributed by atoms with Crippen LogP contribution in [-0.2, 0) is 42.7 Å². The van der Waals surface area contributed by atoms with Crippen molar-refractivity contribution in [2.45, 2.75) is 105 Å². The summed E-state index contributed by atoms with van der Waals surface area (Å²) in [5.74, 6) is 0. The van der Waals surface area contributed by atoms with E-state index in [1.165, 1.54) is 22.3 Å². The first-order valence-electron chi connectivity index (χ1n) is 28.5. The van der Waals surface area contributed by atoms with Crippen molar-refractivity contribution in [3.63, 3.8) is 0 Å². The van der Waals surface area contributed by atoms with E-state index in [2.05, 4.69) is 309 Å². The average molecular weight is 1250 g/mol. The molecule has 4 heterocycles. The number of rotatable bonds is 2.